The van der Waals surface area contributed by atoms with E-state index in [2.05, 4.69) is 45.7 Å². The number of aliphatic hydroxyl groups is 2. The molecule has 6 aliphatic rings. The second kappa shape index (κ2) is 13.1. The Kier molecular flexibility index (Phi) is 9.75. The SMILES string of the molecule is COC(=O)[C@]12CCC(C)(C)C[C@H]1[C@H]1C(=O)C=C3[C@@]4(C)C=C(C#N)C(=O)C(C)(C)[C@@H]4CC[C@@]3(C)[C@]1(C)CC2.Nc1ccn([C@@H]2O[C@H](CO)[C@@H](O)C2(F)F)c(=O)n1. The second-order valence-corrected chi connectivity index (χ2v) is 18.8. The average molecular weight is 769 g/mol. The lowest BCUT2D eigenvalue weighted by Crippen LogP contribution is -2.65. The molecule has 1 aromatic rings. The smallest absolute Gasteiger partial charge is 0.351 e. The van der Waals surface area contributed by atoms with Crippen LogP contribution < -0.4 is 11.4 Å². The van der Waals surface area contributed by atoms with Gasteiger partial charge in [0.1, 0.15) is 18.0 Å². The summed E-state index contributed by atoms with van der Waals surface area (Å²) in [6.07, 6.45) is 4.96. The minimum Gasteiger partial charge on any atom is -0.469 e. The molecule has 0 amide bonds. The standard InChI is InChI=1S/C32H43NO4.C9H11F2N3O4/c1-27(2)11-13-32(26(36)37-8)14-12-31(7)24(20(32)17-27)21(34)15-23-29(5)16-19(18-33)25(35)28(3,4)22(29)9-10-30(23,31)6;10-9(11)6(16)4(3-15)18-7(9)14-2-1-5(12)13-8(14)17/h15-16,20,22,24H,9-14,17H2,1-8H3;1-2,4,6-7,15-16H,3H2,(H2,12,13,17)/t20-,22-,24-,29-,30+,31+,32-;4-,6-,7-/m01/s1. The van der Waals surface area contributed by atoms with Gasteiger partial charge < -0.3 is 25.4 Å². The summed E-state index contributed by atoms with van der Waals surface area (Å²) in [5, 5.41) is 28.0. The number of fused-ring (bicyclic) bond motifs is 7. The van der Waals surface area contributed by atoms with E-state index < -0.39 is 52.9 Å². The first kappa shape index (κ1) is 40.9. The number of hydrogen-bond acceptors (Lipinski definition) is 11. The molecule has 300 valence electrons. The first-order valence-electron chi connectivity index (χ1n) is 19.1. The number of allylic oxidation sites excluding steroid dienone is 4. The maximum Gasteiger partial charge on any atom is 0.351 e. The number of alkyl halides is 2. The molecule has 4 N–H and O–H groups in total. The summed E-state index contributed by atoms with van der Waals surface area (Å²) < 4.78 is 38.1. The molecule has 10 atom stereocenters. The molecular formula is C41H54F2N4O8. The molecule has 14 heteroatoms. The zero-order valence-electron chi connectivity index (χ0n) is 32.9. The summed E-state index contributed by atoms with van der Waals surface area (Å²) in [4.78, 5) is 55.6. The Bertz CT molecular complexity index is 1970. The third-order valence-electron chi connectivity index (χ3n) is 15.1. The number of carbonyl (C=O) groups excluding carboxylic acids is 3. The Balaban J connectivity index is 0.000000239. The van der Waals surface area contributed by atoms with Crippen molar-refractivity contribution < 1.29 is 42.9 Å². The molecule has 7 rings (SSSR count). The minimum absolute atomic E-state index is 0.0308. The number of nitrogen functional groups attached to an aromatic ring is 1. The molecule has 4 fully saturated rings. The molecule has 0 unspecified atom stereocenters. The number of carbonyl (C=O) groups is 3. The van der Waals surface area contributed by atoms with Gasteiger partial charge in [-0.15, -0.1) is 0 Å². The van der Waals surface area contributed by atoms with E-state index in [0.717, 1.165) is 62.8 Å². The quantitative estimate of drug-likeness (QED) is 0.347. The number of esters is 1. The number of hydrogen-bond donors (Lipinski definition) is 3. The molecule has 55 heavy (non-hydrogen) atoms. The van der Waals surface area contributed by atoms with Crippen LogP contribution in [0.15, 0.2) is 40.4 Å². The molecule has 0 spiro atoms. The summed E-state index contributed by atoms with van der Waals surface area (Å²) in [6, 6.07) is 3.32. The van der Waals surface area contributed by atoms with Crippen molar-refractivity contribution in [2.24, 2.45) is 50.2 Å². The van der Waals surface area contributed by atoms with Crippen LogP contribution in [0.4, 0.5) is 14.6 Å². The van der Waals surface area contributed by atoms with Gasteiger partial charge in [-0.3, -0.25) is 19.0 Å². The second-order valence-electron chi connectivity index (χ2n) is 18.8. The topological polar surface area (TPSA) is 195 Å². The predicted octanol–water partition coefficient (Wildman–Crippen LogP) is 5.09. The normalized spacial score (nSPS) is 40.7. The van der Waals surface area contributed by atoms with Crippen molar-refractivity contribution in [2.45, 2.75) is 118 Å². The molecular weight excluding hydrogens is 714 g/mol. The fourth-order valence-electron chi connectivity index (χ4n) is 11.9. The molecule has 1 saturated heterocycles. The summed E-state index contributed by atoms with van der Waals surface area (Å²) in [6.45, 7) is 14.4. The number of halogens is 2. The summed E-state index contributed by atoms with van der Waals surface area (Å²) >= 11 is 0. The average Bonchev–Trinajstić information content (AvgIpc) is 3.34. The number of Topliss-reactive ketones (excluding diaryl/α,β-unsaturated/α-hetero) is 1. The van der Waals surface area contributed by atoms with Gasteiger partial charge in [-0.2, -0.15) is 19.0 Å². The Labute approximate surface area is 320 Å². The molecule has 1 aliphatic heterocycles. The Morgan fingerprint density at radius 1 is 1.09 bits per heavy atom. The van der Waals surface area contributed by atoms with Crippen molar-refractivity contribution in [1.29, 1.82) is 5.26 Å². The van der Waals surface area contributed by atoms with Crippen LogP contribution in [-0.2, 0) is 23.9 Å². The van der Waals surface area contributed by atoms with E-state index in [1.165, 1.54) is 7.11 Å². The van der Waals surface area contributed by atoms with Crippen LogP contribution in [0.25, 0.3) is 0 Å². The lowest BCUT2D eigenvalue weighted by atomic mass is 9.34. The molecule has 3 saturated carbocycles. The van der Waals surface area contributed by atoms with Crippen LogP contribution in [0.1, 0.15) is 99.6 Å². The van der Waals surface area contributed by atoms with Crippen molar-refractivity contribution in [3.8, 4) is 6.07 Å². The van der Waals surface area contributed by atoms with Crippen LogP contribution in [0.2, 0.25) is 0 Å². The maximum atomic E-state index is 14.4. The van der Waals surface area contributed by atoms with E-state index in [0.29, 0.717) is 4.57 Å². The number of ketones is 2. The highest BCUT2D eigenvalue weighted by Crippen LogP contribution is 2.74. The largest absolute Gasteiger partial charge is 0.469 e. The number of nitrogens with two attached hydrogens (primary N) is 1. The Morgan fingerprint density at radius 2 is 1.75 bits per heavy atom. The molecule has 12 nitrogen and oxygen atoms in total. The highest BCUT2D eigenvalue weighted by atomic mass is 19.3. The molecule has 5 aliphatic carbocycles. The van der Waals surface area contributed by atoms with Gasteiger partial charge in [0, 0.05) is 22.9 Å². The summed E-state index contributed by atoms with van der Waals surface area (Å²) in [5.74, 6) is -4.20. The first-order valence-corrected chi connectivity index (χ1v) is 19.1. The lowest BCUT2D eigenvalue weighted by Gasteiger charge is -2.68. The van der Waals surface area contributed by atoms with E-state index >= 15 is 0 Å². The highest BCUT2D eigenvalue weighted by Gasteiger charge is 2.71. The maximum absolute atomic E-state index is 14.4. The fraction of sp³-hybridized carbons (Fsp3) is 0.707. The molecule has 0 aromatic carbocycles. The summed E-state index contributed by atoms with van der Waals surface area (Å²) in [7, 11) is 1.48. The number of rotatable bonds is 3. The van der Waals surface area contributed by atoms with E-state index in [4.69, 9.17) is 20.3 Å². The zero-order chi connectivity index (χ0) is 40.9. The molecule has 0 bridgehead atoms. The van der Waals surface area contributed by atoms with Crippen molar-refractivity contribution >= 4 is 23.4 Å². The zero-order valence-corrected chi connectivity index (χ0v) is 32.9. The number of methoxy groups -OCH3 is 1. The van der Waals surface area contributed by atoms with Gasteiger partial charge in [-0.25, -0.2) is 4.79 Å². The van der Waals surface area contributed by atoms with E-state index in [1.54, 1.807) is 0 Å². The van der Waals surface area contributed by atoms with Crippen molar-refractivity contribution in [3.05, 3.63) is 46.0 Å². The summed E-state index contributed by atoms with van der Waals surface area (Å²) in [5.41, 5.74) is 3.19. The van der Waals surface area contributed by atoms with Gasteiger partial charge in [-0.1, -0.05) is 60.1 Å². The Hall–Kier alpha value is -3.80. The van der Waals surface area contributed by atoms with E-state index in [-0.39, 0.29) is 62.9 Å². The van der Waals surface area contributed by atoms with Gasteiger partial charge in [0.15, 0.2) is 17.7 Å². The number of nitrogens with zero attached hydrogens (tertiary/aromatic N) is 3. The number of anilines is 1. The van der Waals surface area contributed by atoms with E-state index in [1.807, 2.05) is 26.0 Å². The number of ether oxygens (including phenoxy) is 2. The van der Waals surface area contributed by atoms with Crippen molar-refractivity contribution in [3.63, 3.8) is 0 Å². The number of aromatic nitrogens is 2. The number of aliphatic hydroxyl groups excluding tert-OH is 2. The van der Waals surface area contributed by atoms with Gasteiger partial charge >= 0.3 is 17.6 Å². The van der Waals surface area contributed by atoms with Gasteiger partial charge in [0.05, 0.1) is 24.7 Å². The van der Waals surface area contributed by atoms with Crippen LogP contribution in [0.3, 0.4) is 0 Å². The highest BCUT2D eigenvalue weighted by molar-refractivity contribution is 6.04. The number of nitriles is 1. The van der Waals surface area contributed by atoms with Gasteiger partial charge in [0.2, 0.25) is 6.23 Å². The molecule has 0 radical (unpaired) electrons. The fourth-order valence-corrected chi connectivity index (χ4v) is 11.9. The first-order chi connectivity index (χ1) is 25.4. The van der Waals surface area contributed by atoms with Crippen molar-refractivity contribution in [2.75, 3.05) is 19.5 Å². The van der Waals surface area contributed by atoms with E-state index in [9.17, 15) is 38.3 Å². The van der Waals surface area contributed by atoms with Crippen molar-refractivity contribution in [1.82, 2.24) is 9.55 Å². The predicted molar refractivity (Wildman–Crippen MR) is 196 cm³/mol. The third kappa shape index (κ3) is 5.77. The Morgan fingerprint density at radius 3 is 2.33 bits per heavy atom. The molecule has 2 heterocycles. The third-order valence-corrected chi connectivity index (χ3v) is 15.1. The lowest BCUT2D eigenvalue weighted by molar-refractivity contribution is -0.191. The van der Waals surface area contributed by atoms with Gasteiger partial charge in [0.25, 0.3) is 0 Å². The van der Waals surface area contributed by atoms with Crippen LogP contribution in [-0.4, -0.2) is 69.1 Å². The van der Waals surface area contributed by atoms with Crippen LogP contribution in [0, 0.1) is 61.6 Å². The van der Waals surface area contributed by atoms with Gasteiger partial charge in [-0.05, 0) is 85.2 Å². The minimum atomic E-state index is -3.71. The van der Waals surface area contributed by atoms with Crippen LogP contribution >= 0.6 is 0 Å². The molecule has 1 aromatic heterocycles. The van der Waals surface area contributed by atoms with Crippen LogP contribution in [0.5, 0.6) is 0 Å². The monoisotopic (exact) mass is 768 g/mol.